The number of nitrogens with two attached hydrogens (primary N) is 1. The Morgan fingerprint density at radius 3 is 3.00 bits per heavy atom. The molecule has 3 aromatic rings. The van der Waals surface area contributed by atoms with E-state index in [1.54, 1.807) is 22.7 Å². The molecule has 0 radical (unpaired) electrons. The molecule has 1 saturated carbocycles. The standard InChI is InChI=1S/C17H17BrClN3S2/c18-14-15-17(24-16(14)10-4-1-5-11(10)20)12(7-13(19)22-15)21-8-9-3-2-6-23-9/h2-3,6-7,10-11H,1,4-5,8,20H2,(H,21,22)/t10-,11-/m0/s1. The third-order valence-electron chi connectivity index (χ3n) is 4.52. The molecule has 0 amide bonds. The summed E-state index contributed by atoms with van der Waals surface area (Å²) in [7, 11) is 0. The summed E-state index contributed by atoms with van der Waals surface area (Å²) in [4.78, 5) is 7.15. The zero-order chi connectivity index (χ0) is 16.7. The van der Waals surface area contributed by atoms with Crippen molar-refractivity contribution < 1.29 is 0 Å². The Kier molecular flexibility index (Phi) is 4.84. The van der Waals surface area contributed by atoms with Gasteiger partial charge in [-0.1, -0.05) is 24.1 Å². The van der Waals surface area contributed by atoms with Crippen molar-refractivity contribution in [1.29, 1.82) is 0 Å². The molecule has 0 aromatic carbocycles. The van der Waals surface area contributed by atoms with Crippen molar-refractivity contribution in [3.8, 4) is 0 Å². The lowest BCUT2D eigenvalue weighted by atomic mass is 10.0. The molecule has 3 aromatic heterocycles. The van der Waals surface area contributed by atoms with Crippen LogP contribution < -0.4 is 11.1 Å². The van der Waals surface area contributed by atoms with Crippen LogP contribution in [0.25, 0.3) is 10.2 Å². The van der Waals surface area contributed by atoms with Gasteiger partial charge in [-0.3, -0.25) is 0 Å². The number of thiophene rings is 2. The molecule has 3 N–H and O–H groups in total. The van der Waals surface area contributed by atoms with Crippen LogP contribution in [0.2, 0.25) is 5.15 Å². The van der Waals surface area contributed by atoms with Gasteiger partial charge in [-0.15, -0.1) is 22.7 Å². The van der Waals surface area contributed by atoms with E-state index in [0.29, 0.717) is 11.1 Å². The Hall–Kier alpha value is -0.660. The predicted octanol–water partition coefficient (Wildman–Crippen LogP) is 5.98. The van der Waals surface area contributed by atoms with Crippen LogP contribution in [-0.4, -0.2) is 11.0 Å². The smallest absolute Gasteiger partial charge is 0.131 e. The largest absolute Gasteiger partial charge is 0.379 e. The molecule has 1 fully saturated rings. The quantitative estimate of drug-likeness (QED) is 0.489. The highest BCUT2D eigenvalue weighted by atomic mass is 79.9. The second-order valence-electron chi connectivity index (χ2n) is 6.08. The maximum atomic E-state index is 6.32. The normalized spacial score (nSPS) is 20.8. The first kappa shape index (κ1) is 16.8. The zero-order valence-corrected chi connectivity index (χ0v) is 16.9. The van der Waals surface area contributed by atoms with E-state index in [4.69, 9.17) is 17.3 Å². The number of hydrogen-bond acceptors (Lipinski definition) is 5. The maximum absolute atomic E-state index is 6.32. The highest BCUT2D eigenvalue weighted by Crippen LogP contribution is 2.47. The molecule has 2 atom stereocenters. The summed E-state index contributed by atoms with van der Waals surface area (Å²) in [6, 6.07) is 6.36. The molecule has 4 rings (SSSR count). The molecule has 0 spiro atoms. The fraction of sp³-hybridized carbons (Fsp3) is 0.353. The van der Waals surface area contributed by atoms with Gasteiger partial charge < -0.3 is 11.1 Å². The van der Waals surface area contributed by atoms with E-state index in [9.17, 15) is 0 Å². The van der Waals surface area contributed by atoms with Crippen molar-refractivity contribution in [2.75, 3.05) is 5.32 Å². The highest BCUT2D eigenvalue weighted by Gasteiger charge is 2.30. The molecule has 126 valence electrons. The number of aromatic nitrogens is 1. The highest BCUT2D eigenvalue weighted by molar-refractivity contribution is 9.10. The lowest BCUT2D eigenvalue weighted by molar-refractivity contribution is 0.620. The Morgan fingerprint density at radius 1 is 1.42 bits per heavy atom. The van der Waals surface area contributed by atoms with Crippen molar-refractivity contribution in [2.24, 2.45) is 5.73 Å². The van der Waals surface area contributed by atoms with Crippen molar-refractivity contribution in [3.05, 3.63) is 43.0 Å². The van der Waals surface area contributed by atoms with E-state index >= 15 is 0 Å². The first-order chi connectivity index (χ1) is 11.6. The van der Waals surface area contributed by atoms with Gasteiger partial charge in [0.2, 0.25) is 0 Å². The first-order valence-electron chi connectivity index (χ1n) is 7.93. The van der Waals surface area contributed by atoms with Crippen LogP contribution in [0.3, 0.4) is 0 Å². The van der Waals surface area contributed by atoms with Gasteiger partial charge in [-0.25, -0.2) is 4.98 Å². The molecule has 3 nitrogen and oxygen atoms in total. The summed E-state index contributed by atoms with van der Waals surface area (Å²) in [6.45, 7) is 0.793. The zero-order valence-electron chi connectivity index (χ0n) is 12.9. The number of rotatable bonds is 4. The molecule has 0 saturated heterocycles. The molecule has 24 heavy (non-hydrogen) atoms. The molecular formula is C17H17BrClN3S2. The van der Waals surface area contributed by atoms with Crippen molar-refractivity contribution in [3.63, 3.8) is 0 Å². The summed E-state index contributed by atoms with van der Waals surface area (Å²) in [5.41, 5.74) is 8.30. The van der Waals surface area contributed by atoms with Crippen LogP contribution >= 0.6 is 50.2 Å². The Labute approximate surface area is 162 Å². The fourth-order valence-corrected chi connectivity index (χ4v) is 6.43. The molecule has 0 aliphatic heterocycles. The minimum Gasteiger partial charge on any atom is -0.379 e. The molecule has 1 aliphatic rings. The van der Waals surface area contributed by atoms with Crippen molar-refractivity contribution in [2.45, 2.75) is 37.8 Å². The van der Waals surface area contributed by atoms with Gasteiger partial charge in [0.25, 0.3) is 0 Å². The van der Waals surface area contributed by atoms with Crippen LogP contribution in [0.15, 0.2) is 28.1 Å². The monoisotopic (exact) mass is 441 g/mol. The second-order valence-corrected chi connectivity index (χ2v) is 9.35. The minimum atomic E-state index is 0.243. The lowest BCUT2D eigenvalue weighted by Crippen LogP contribution is -2.22. The molecule has 3 heterocycles. The van der Waals surface area contributed by atoms with Gasteiger partial charge in [0.05, 0.1) is 20.4 Å². The van der Waals surface area contributed by atoms with E-state index in [-0.39, 0.29) is 6.04 Å². The van der Waals surface area contributed by atoms with Gasteiger partial charge in [0, 0.05) is 34.3 Å². The van der Waals surface area contributed by atoms with E-state index in [0.717, 1.165) is 39.8 Å². The van der Waals surface area contributed by atoms with Crippen LogP contribution in [0.5, 0.6) is 0 Å². The van der Waals surface area contributed by atoms with E-state index in [2.05, 4.69) is 43.7 Å². The van der Waals surface area contributed by atoms with Gasteiger partial charge in [-0.2, -0.15) is 0 Å². The lowest BCUT2D eigenvalue weighted by Gasteiger charge is -2.13. The van der Waals surface area contributed by atoms with Gasteiger partial charge >= 0.3 is 0 Å². The summed E-state index contributed by atoms with van der Waals surface area (Å²) < 4.78 is 2.21. The summed E-state index contributed by atoms with van der Waals surface area (Å²) >= 11 is 13.6. The summed E-state index contributed by atoms with van der Waals surface area (Å²) in [5.74, 6) is 0.419. The summed E-state index contributed by atoms with van der Waals surface area (Å²) in [5, 5.41) is 6.12. The Morgan fingerprint density at radius 2 is 2.29 bits per heavy atom. The van der Waals surface area contributed by atoms with Crippen LogP contribution in [0.4, 0.5) is 5.69 Å². The average Bonchev–Trinajstić information content (AvgIpc) is 3.27. The number of pyridine rings is 1. The third kappa shape index (κ3) is 3.10. The SMILES string of the molecule is N[C@H]1CCC[C@@H]1c1sc2c(NCc3cccs3)cc(Cl)nc2c1Br. The van der Waals surface area contributed by atoms with Crippen LogP contribution in [0.1, 0.15) is 34.9 Å². The van der Waals surface area contributed by atoms with Gasteiger partial charge in [0.15, 0.2) is 0 Å². The summed E-state index contributed by atoms with van der Waals surface area (Å²) in [6.07, 6.45) is 3.45. The topological polar surface area (TPSA) is 50.9 Å². The van der Waals surface area contributed by atoms with E-state index in [1.165, 1.54) is 16.2 Å². The average molecular weight is 443 g/mol. The number of anilines is 1. The van der Waals surface area contributed by atoms with Gasteiger partial charge in [0.1, 0.15) is 5.15 Å². The number of fused-ring (bicyclic) bond motifs is 1. The molecule has 1 aliphatic carbocycles. The fourth-order valence-electron chi connectivity index (χ4n) is 3.31. The minimum absolute atomic E-state index is 0.243. The molecule has 7 heteroatoms. The van der Waals surface area contributed by atoms with E-state index < -0.39 is 0 Å². The van der Waals surface area contributed by atoms with Crippen molar-refractivity contribution in [1.82, 2.24) is 4.98 Å². The van der Waals surface area contributed by atoms with Crippen LogP contribution in [-0.2, 0) is 6.54 Å². The second kappa shape index (κ2) is 6.92. The van der Waals surface area contributed by atoms with Crippen LogP contribution in [0, 0.1) is 0 Å². The van der Waals surface area contributed by atoms with Gasteiger partial charge in [-0.05, 0) is 40.2 Å². The third-order valence-corrected chi connectivity index (χ3v) is 8.00. The maximum Gasteiger partial charge on any atom is 0.131 e. The number of halogens is 2. The predicted molar refractivity (Wildman–Crippen MR) is 109 cm³/mol. The molecule has 0 bridgehead atoms. The molecule has 0 unspecified atom stereocenters. The van der Waals surface area contributed by atoms with Crippen molar-refractivity contribution >= 4 is 66.1 Å². The Balaban J connectivity index is 1.73. The Bertz CT molecular complexity index is 862. The number of nitrogens with one attached hydrogen (secondary N) is 1. The number of nitrogens with zero attached hydrogens (tertiary/aromatic N) is 1. The van der Waals surface area contributed by atoms with E-state index in [1.807, 2.05) is 6.07 Å². The number of hydrogen-bond donors (Lipinski definition) is 2. The first-order valence-corrected chi connectivity index (χ1v) is 10.8. The molecular weight excluding hydrogens is 426 g/mol.